The second-order valence-electron chi connectivity index (χ2n) is 3.82. The molecule has 0 spiro atoms. The summed E-state index contributed by atoms with van der Waals surface area (Å²) in [6, 6.07) is 10.5. The minimum atomic E-state index is -0.364. The highest BCUT2D eigenvalue weighted by atomic mass is 35.5. The van der Waals surface area contributed by atoms with Crippen molar-refractivity contribution in [2.24, 2.45) is 0 Å². The molecular formula is C13H8ClN3O2S. The van der Waals surface area contributed by atoms with Gasteiger partial charge in [-0.25, -0.2) is 0 Å². The molecule has 0 bridgehead atoms. The number of carbonyl (C=O) groups is 1. The Morgan fingerprint density at radius 2 is 2.05 bits per heavy atom. The van der Waals surface area contributed by atoms with E-state index >= 15 is 0 Å². The van der Waals surface area contributed by atoms with Crippen molar-refractivity contribution in [3.63, 3.8) is 0 Å². The molecule has 20 heavy (non-hydrogen) atoms. The molecule has 0 aliphatic carbocycles. The van der Waals surface area contributed by atoms with Gasteiger partial charge in [0.25, 0.3) is 5.91 Å². The van der Waals surface area contributed by atoms with Gasteiger partial charge in [-0.3, -0.25) is 10.1 Å². The van der Waals surface area contributed by atoms with Crippen LogP contribution in [-0.4, -0.2) is 16.1 Å². The lowest BCUT2D eigenvalue weighted by molar-refractivity contribution is 0.0996. The van der Waals surface area contributed by atoms with Crippen LogP contribution in [0.5, 0.6) is 0 Å². The molecule has 2 aromatic heterocycles. The first-order valence-corrected chi connectivity index (χ1v) is 6.87. The Morgan fingerprint density at radius 1 is 1.20 bits per heavy atom. The van der Waals surface area contributed by atoms with Gasteiger partial charge in [0.1, 0.15) is 0 Å². The topological polar surface area (TPSA) is 68.0 Å². The fraction of sp³-hybridized carbons (Fsp3) is 0. The number of nitrogens with one attached hydrogen (secondary N) is 1. The van der Waals surface area contributed by atoms with Gasteiger partial charge in [-0.15, -0.1) is 10.2 Å². The average Bonchev–Trinajstić information content (AvgIpc) is 3.10. The Morgan fingerprint density at radius 3 is 2.80 bits per heavy atom. The highest BCUT2D eigenvalue weighted by Gasteiger charge is 2.14. The largest absolute Gasteiger partial charge is 0.459 e. The van der Waals surface area contributed by atoms with Crippen molar-refractivity contribution >= 4 is 34.0 Å². The van der Waals surface area contributed by atoms with Crippen LogP contribution < -0.4 is 5.32 Å². The highest BCUT2D eigenvalue weighted by Crippen LogP contribution is 2.31. The quantitative estimate of drug-likeness (QED) is 0.801. The van der Waals surface area contributed by atoms with Crippen LogP contribution >= 0.6 is 22.9 Å². The summed E-state index contributed by atoms with van der Waals surface area (Å²) in [6.45, 7) is 0. The van der Waals surface area contributed by atoms with Crippen molar-refractivity contribution in [3.8, 4) is 10.6 Å². The first-order chi connectivity index (χ1) is 9.74. The van der Waals surface area contributed by atoms with Crippen LogP contribution in [0.3, 0.4) is 0 Å². The number of rotatable bonds is 3. The van der Waals surface area contributed by atoms with Gasteiger partial charge in [0, 0.05) is 5.56 Å². The third-order valence-corrected chi connectivity index (χ3v) is 3.70. The van der Waals surface area contributed by atoms with Crippen molar-refractivity contribution in [3.05, 3.63) is 53.4 Å². The Bertz CT molecular complexity index is 740. The number of hydrogen-bond acceptors (Lipinski definition) is 5. The average molecular weight is 306 g/mol. The first kappa shape index (κ1) is 12.8. The number of benzene rings is 1. The predicted octanol–water partition coefficient (Wildman–Crippen LogP) is 3.70. The molecule has 1 aromatic carbocycles. The standard InChI is InChI=1S/C13H8ClN3O2S/c14-9-5-2-1-4-8(9)12-16-17-13(20-12)15-11(18)10-6-3-7-19-10/h1-7H,(H,15,17,18). The van der Waals surface area contributed by atoms with Crippen molar-refractivity contribution in [2.75, 3.05) is 5.32 Å². The minimum Gasteiger partial charge on any atom is -0.459 e. The summed E-state index contributed by atoms with van der Waals surface area (Å²) in [5.41, 5.74) is 0.783. The van der Waals surface area contributed by atoms with E-state index < -0.39 is 0 Å². The van der Waals surface area contributed by atoms with E-state index in [-0.39, 0.29) is 11.7 Å². The van der Waals surface area contributed by atoms with Crippen molar-refractivity contribution in [1.29, 1.82) is 0 Å². The number of carbonyl (C=O) groups excluding carboxylic acids is 1. The van der Waals surface area contributed by atoms with Crippen LogP contribution in [0.15, 0.2) is 47.1 Å². The Kier molecular flexibility index (Phi) is 3.49. The summed E-state index contributed by atoms with van der Waals surface area (Å²) in [7, 11) is 0. The predicted molar refractivity (Wildman–Crippen MR) is 77.0 cm³/mol. The normalized spacial score (nSPS) is 10.4. The van der Waals surface area contributed by atoms with Gasteiger partial charge in [0.05, 0.1) is 11.3 Å². The number of aromatic nitrogens is 2. The Labute approximate surface area is 123 Å². The minimum absolute atomic E-state index is 0.222. The molecule has 0 aliphatic heterocycles. The van der Waals surface area contributed by atoms with Crippen molar-refractivity contribution in [2.45, 2.75) is 0 Å². The summed E-state index contributed by atoms with van der Waals surface area (Å²) >= 11 is 7.34. The number of hydrogen-bond donors (Lipinski definition) is 1. The van der Waals surface area contributed by atoms with Crippen LogP contribution in [0.4, 0.5) is 5.13 Å². The lowest BCUT2D eigenvalue weighted by atomic mass is 10.2. The van der Waals surface area contributed by atoms with Crippen LogP contribution in [0.1, 0.15) is 10.6 Å². The number of anilines is 1. The van der Waals surface area contributed by atoms with Crippen LogP contribution in [0, 0.1) is 0 Å². The SMILES string of the molecule is O=C(Nc1nnc(-c2ccccc2Cl)s1)c1ccco1. The maximum atomic E-state index is 11.8. The van der Waals surface area contributed by atoms with E-state index in [0.717, 1.165) is 5.56 Å². The van der Waals surface area contributed by atoms with Crippen molar-refractivity contribution < 1.29 is 9.21 Å². The van der Waals surface area contributed by atoms with Crippen molar-refractivity contribution in [1.82, 2.24) is 10.2 Å². The van der Waals surface area contributed by atoms with Gasteiger partial charge >= 0.3 is 0 Å². The van der Waals surface area contributed by atoms with Gasteiger partial charge in [0.15, 0.2) is 10.8 Å². The van der Waals surface area contributed by atoms with Gasteiger partial charge in [0.2, 0.25) is 5.13 Å². The van der Waals surface area contributed by atoms with E-state index in [1.807, 2.05) is 18.2 Å². The number of amides is 1. The fourth-order valence-electron chi connectivity index (χ4n) is 1.58. The van der Waals surface area contributed by atoms with E-state index in [0.29, 0.717) is 15.2 Å². The zero-order valence-electron chi connectivity index (χ0n) is 10.0. The molecule has 0 radical (unpaired) electrons. The van der Waals surface area contributed by atoms with Gasteiger partial charge in [-0.2, -0.15) is 0 Å². The summed E-state index contributed by atoms with van der Waals surface area (Å²) in [4.78, 5) is 11.8. The number of halogens is 1. The fourth-order valence-corrected chi connectivity index (χ4v) is 2.64. The van der Waals surface area contributed by atoms with Gasteiger partial charge in [-0.05, 0) is 18.2 Å². The van der Waals surface area contributed by atoms with Crippen LogP contribution in [0.2, 0.25) is 5.02 Å². The van der Waals surface area contributed by atoms with E-state index in [9.17, 15) is 4.79 Å². The third kappa shape index (κ3) is 2.56. The molecule has 0 aliphatic rings. The highest BCUT2D eigenvalue weighted by molar-refractivity contribution is 7.18. The van der Waals surface area contributed by atoms with E-state index in [1.165, 1.54) is 17.6 Å². The Balaban J connectivity index is 1.81. The maximum Gasteiger partial charge on any atom is 0.293 e. The monoisotopic (exact) mass is 305 g/mol. The van der Waals surface area contributed by atoms with Crippen LogP contribution in [0.25, 0.3) is 10.6 Å². The van der Waals surface area contributed by atoms with Gasteiger partial charge < -0.3 is 4.42 Å². The lowest BCUT2D eigenvalue weighted by Crippen LogP contribution is -2.10. The molecule has 100 valence electrons. The lowest BCUT2D eigenvalue weighted by Gasteiger charge is -1.97. The molecule has 0 unspecified atom stereocenters. The first-order valence-electron chi connectivity index (χ1n) is 5.67. The zero-order valence-corrected chi connectivity index (χ0v) is 11.6. The maximum absolute atomic E-state index is 11.8. The molecule has 1 amide bonds. The molecular weight excluding hydrogens is 298 g/mol. The second-order valence-corrected chi connectivity index (χ2v) is 5.21. The Hall–Kier alpha value is -2.18. The molecule has 7 heteroatoms. The second kappa shape index (κ2) is 5.44. The summed E-state index contributed by atoms with van der Waals surface area (Å²) in [5, 5.41) is 12.2. The molecule has 3 rings (SSSR count). The van der Waals surface area contributed by atoms with Gasteiger partial charge in [-0.1, -0.05) is 41.1 Å². The van der Waals surface area contributed by atoms with Crippen LogP contribution in [-0.2, 0) is 0 Å². The van der Waals surface area contributed by atoms with E-state index in [4.69, 9.17) is 16.0 Å². The smallest absolute Gasteiger partial charge is 0.293 e. The summed E-state index contributed by atoms with van der Waals surface area (Å²) in [6.07, 6.45) is 1.43. The summed E-state index contributed by atoms with van der Waals surface area (Å²) in [5.74, 6) is -0.142. The molecule has 0 saturated carbocycles. The molecule has 5 nitrogen and oxygen atoms in total. The number of nitrogens with zero attached hydrogens (tertiary/aromatic N) is 2. The molecule has 2 heterocycles. The van der Waals surface area contributed by atoms with E-state index in [1.54, 1.807) is 18.2 Å². The number of furan rings is 1. The molecule has 3 aromatic rings. The molecule has 0 saturated heterocycles. The van der Waals surface area contributed by atoms with E-state index in [2.05, 4.69) is 15.5 Å². The third-order valence-electron chi connectivity index (χ3n) is 2.49. The molecule has 0 atom stereocenters. The molecule has 0 fully saturated rings. The molecule has 1 N–H and O–H groups in total. The zero-order chi connectivity index (χ0) is 13.9. The summed E-state index contributed by atoms with van der Waals surface area (Å²) < 4.78 is 5.00.